The number of tetrazole rings is 1. The second kappa shape index (κ2) is 9.69. The molecule has 0 saturated carbocycles. The van der Waals surface area contributed by atoms with Crippen LogP contribution in [-0.4, -0.2) is 46.4 Å². The number of H-pyrrole nitrogens is 1. The molecule has 0 bridgehead atoms. The van der Waals surface area contributed by atoms with Crippen molar-refractivity contribution in [2.45, 2.75) is 32.1 Å². The highest BCUT2D eigenvalue weighted by Gasteiger charge is 2.32. The number of hydrogen-bond acceptors (Lipinski definition) is 6. The number of benzene rings is 2. The number of aromatic amines is 1. The summed E-state index contributed by atoms with van der Waals surface area (Å²) in [6.45, 7) is 1.95. The van der Waals surface area contributed by atoms with Gasteiger partial charge in [0.15, 0.2) is 5.82 Å². The summed E-state index contributed by atoms with van der Waals surface area (Å²) in [5, 5.41) is 24.0. The van der Waals surface area contributed by atoms with Crippen LogP contribution in [0.2, 0.25) is 0 Å². The normalized spacial score (nSPS) is 13.5. The molecule has 0 unspecified atom stereocenters. The van der Waals surface area contributed by atoms with E-state index in [0.717, 1.165) is 29.4 Å². The monoisotopic (exact) mass is 443 g/mol. The topological polar surface area (TPSA) is 138 Å². The molecule has 0 aliphatic heterocycles. The van der Waals surface area contributed by atoms with Gasteiger partial charge < -0.3 is 5.11 Å². The maximum atomic E-state index is 12.0. The van der Waals surface area contributed by atoms with E-state index >= 15 is 0 Å². The van der Waals surface area contributed by atoms with Gasteiger partial charge in [-0.1, -0.05) is 55.0 Å². The Hall–Kier alpha value is -3.27. The van der Waals surface area contributed by atoms with E-state index in [1.165, 1.54) is 0 Å². The summed E-state index contributed by atoms with van der Waals surface area (Å²) in [5.41, 5.74) is 3.25. The van der Waals surface area contributed by atoms with Gasteiger partial charge >= 0.3 is 5.97 Å². The molecule has 10 heteroatoms. The van der Waals surface area contributed by atoms with E-state index in [0.29, 0.717) is 24.4 Å². The van der Waals surface area contributed by atoms with Crippen LogP contribution in [0.4, 0.5) is 5.69 Å². The number of rotatable bonds is 10. The molecule has 31 heavy (non-hydrogen) atoms. The van der Waals surface area contributed by atoms with Gasteiger partial charge in [0.1, 0.15) is 0 Å². The molecule has 3 aromatic rings. The van der Waals surface area contributed by atoms with E-state index in [9.17, 15) is 18.3 Å². The first-order valence-corrected chi connectivity index (χ1v) is 11.8. The van der Waals surface area contributed by atoms with E-state index in [4.69, 9.17) is 0 Å². The second-order valence-corrected chi connectivity index (χ2v) is 9.17. The Balaban J connectivity index is 1.95. The first kappa shape index (κ1) is 22.4. The van der Waals surface area contributed by atoms with E-state index in [1.54, 1.807) is 12.1 Å². The summed E-state index contributed by atoms with van der Waals surface area (Å²) in [6, 6.07) is 14.8. The van der Waals surface area contributed by atoms with Gasteiger partial charge in [-0.05, 0) is 41.7 Å². The van der Waals surface area contributed by atoms with Gasteiger partial charge in [-0.25, -0.2) is 8.42 Å². The van der Waals surface area contributed by atoms with Gasteiger partial charge in [0.25, 0.3) is 0 Å². The minimum Gasteiger partial charge on any atom is -0.481 e. The van der Waals surface area contributed by atoms with Crippen LogP contribution in [0.5, 0.6) is 0 Å². The molecule has 2 aromatic carbocycles. The fourth-order valence-electron chi connectivity index (χ4n) is 3.70. The van der Waals surface area contributed by atoms with E-state index in [2.05, 4.69) is 25.3 Å². The lowest BCUT2D eigenvalue weighted by Crippen LogP contribution is -2.25. The molecule has 0 spiro atoms. The first-order chi connectivity index (χ1) is 14.8. The number of carbonyl (C=O) groups is 1. The number of sulfonamides is 1. The average Bonchev–Trinajstić information content (AvgIpc) is 3.25. The molecule has 3 N–H and O–H groups in total. The Bertz CT molecular complexity index is 1110. The zero-order valence-electron chi connectivity index (χ0n) is 17.3. The van der Waals surface area contributed by atoms with Crippen LogP contribution >= 0.6 is 0 Å². The number of anilines is 1. The van der Waals surface area contributed by atoms with Crippen molar-refractivity contribution in [1.29, 1.82) is 0 Å². The quantitative estimate of drug-likeness (QED) is 0.438. The number of carboxylic acid groups (broad SMARTS) is 1. The Morgan fingerprint density at radius 2 is 1.87 bits per heavy atom. The van der Waals surface area contributed by atoms with Crippen molar-refractivity contribution < 1.29 is 18.3 Å². The number of nitrogens with one attached hydrogen (secondary N) is 2. The minimum absolute atomic E-state index is 0.378. The highest BCUT2D eigenvalue weighted by Crippen LogP contribution is 2.34. The Morgan fingerprint density at radius 3 is 2.45 bits per heavy atom. The van der Waals surface area contributed by atoms with Crippen molar-refractivity contribution in [3.05, 3.63) is 59.9 Å². The van der Waals surface area contributed by atoms with Crippen molar-refractivity contribution in [3.8, 4) is 11.1 Å². The van der Waals surface area contributed by atoms with Crippen LogP contribution in [0.1, 0.15) is 37.1 Å². The fraction of sp³-hybridized carbons (Fsp3) is 0.333. The number of hydrogen-bond donors (Lipinski definition) is 3. The molecule has 0 aliphatic carbocycles. The lowest BCUT2D eigenvalue weighted by molar-refractivity contribution is -0.142. The molecule has 0 saturated heterocycles. The largest absolute Gasteiger partial charge is 0.481 e. The molecule has 0 radical (unpaired) electrons. The van der Waals surface area contributed by atoms with E-state index in [-0.39, 0.29) is 0 Å². The molecule has 164 valence electrons. The summed E-state index contributed by atoms with van der Waals surface area (Å²) in [6.07, 6.45) is 2.75. The van der Waals surface area contributed by atoms with Gasteiger partial charge in [0.2, 0.25) is 10.0 Å². The molecular weight excluding hydrogens is 418 g/mol. The van der Waals surface area contributed by atoms with Gasteiger partial charge in [0.05, 0.1) is 12.2 Å². The lowest BCUT2D eigenvalue weighted by atomic mass is 9.81. The summed E-state index contributed by atoms with van der Waals surface area (Å²) in [4.78, 5) is 12.0. The van der Waals surface area contributed by atoms with Crippen molar-refractivity contribution in [3.63, 3.8) is 0 Å². The third kappa shape index (κ3) is 5.88. The van der Waals surface area contributed by atoms with Crippen molar-refractivity contribution in [2.24, 2.45) is 5.92 Å². The SMILES string of the molecule is CCC[C@H](C(=O)O)[C@H](Cc1ccccc1-c1ccc(NS(C)(=O)=O)cc1)c1nn[nH]n1. The Kier molecular flexibility index (Phi) is 7.01. The zero-order chi connectivity index (χ0) is 22.4. The van der Waals surface area contributed by atoms with Gasteiger partial charge in [-0.2, -0.15) is 5.21 Å². The summed E-state index contributed by atoms with van der Waals surface area (Å²) in [5.74, 6) is -1.59. The second-order valence-electron chi connectivity index (χ2n) is 7.42. The van der Waals surface area contributed by atoms with E-state index < -0.39 is 27.8 Å². The highest BCUT2D eigenvalue weighted by molar-refractivity contribution is 7.92. The minimum atomic E-state index is -3.36. The highest BCUT2D eigenvalue weighted by atomic mass is 32.2. The number of nitrogens with zero attached hydrogens (tertiary/aromatic N) is 3. The standard InChI is InChI=1S/C21H25N5O4S/c1-3-6-18(21(27)28)19(20-22-25-26-23-20)13-15-7-4-5-8-17(15)14-9-11-16(12-10-14)24-31(2,29)30/h4-5,7-12,18-19,24H,3,6,13H2,1-2H3,(H,27,28)(H,22,23,25,26)/t18-,19-/m0/s1. The molecule has 3 rings (SSSR count). The molecule has 1 aromatic heterocycles. The molecule has 0 aliphatic rings. The van der Waals surface area contributed by atoms with Crippen LogP contribution in [0.25, 0.3) is 11.1 Å². The van der Waals surface area contributed by atoms with E-state index in [1.807, 2.05) is 43.3 Å². The average molecular weight is 444 g/mol. The predicted octanol–water partition coefficient (Wildman–Crippen LogP) is 3.07. The van der Waals surface area contributed by atoms with Gasteiger partial charge in [-0.15, -0.1) is 10.2 Å². The fourth-order valence-corrected chi connectivity index (χ4v) is 4.26. The number of aromatic nitrogens is 4. The Morgan fingerprint density at radius 1 is 1.16 bits per heavy atom. The maximum Gasteiger partial charge on any atom is 0.307 e. The molecule has 0 fully saturated rings. The Labute approximate surface area is 181 Å². The van der Waals surface area contributed by atoms with Crippen LogP contribution in [0, 0.1) is 5.92 Å². The third-order valence-corrected chi connectivity index (χ3v) is 5.66. The number of carboxylic acids is 1. The summed E-state index contributed by atoms with van der Waals surface area (Å²) >= 11 is 0. The first-order valence-electron chi connectivity index (χ1n) is 9.90. The third-order valence-electron chi connectivity index (χ3n) is 5.05. The van der Waals surface area contributed by atoms with Crippen LogP contribution in [0.3, 0.4) is 0 Å². The number of aliphatic carboxylic acids is 1. The molecule has 9 nitrogen and oxygen atoms in total. The zero-order valence-corrected chi connectivity index (χ0v) is 18.1. The van der Waals surface area contributed by atoms with Gasteiger partial charge in [0, 0.05) is 11.6 Å². The summed E-state index contributed by atoms with van der Waals surface area (Å²) in [7, 11) is -3.36. The molecule has 2 atom stereocenters. The van der Waals surface area contributed by atoms with Crippen molar-refractivity contribution in [1.82, 2.24) is 20.6 Å². The van der Waals surface area contributed by atoms with Crippen molar-refractivity contribution >= 4 is 21.7 Å². The molecular formula is C21H25N5O4S. The predicted molar refractivity (Wildman–Crippen MR) is 117 cm³/mol. The smallest absolute Gasteiger partial charge is 0.307 e. The molecule has 0 amide bonds. The van der Waals surface area contributed by atoms with Crippen LogP contribution < -0.4 is 4.72 Å². The van der Waals surface area contributed by atoms with Crippen LogP contribution in [0.15, 0.2) is 48.5 Å². The van der Waals surface area contributed by atoms with Gasteiger partial charge in [-0.3, -0.25) is 9.52 Å². The maximum absolute atomic E-state index is 12.0. The molecule has 1 heterocycles. The lowest BCUT2D eigenvalue weighted by Gasteiger charge is -2.22. The van der Waals surface area contributed by atoms with Crippen LogP contribution in [-0.2, 0) is 21.2 Å². The van der Waals surface area contributed by atoms with Crippen molar-refractivity contribution in [2.75, 3.05) is 11.0 Å². The summed E-state index contributed by atoms with van der Waals surface area (Å²) < 4.78 is 25.3.